The van der Waals surface area contributed by atoms with E-state index in [0.29, 0.717) is 11.3 Å². The zero-order valence-corrected chi connectivity index (χ0v) is 12.7. The van der Waals surface area contributed by atoms with Crippen LogP contribution in [-0.2, 0) is 10.3 Å². The van der Waals surface area contributed by atoms with Crippen LogP contribution in [0.2, 0.25) is 0 Å². The van der Waals surface area contributed by atoms with Crippen molar-refractivity contribution in [3.8, 4) is 0 Å². The van der Waals surface area contributed by atoms with E-state index in [1.165, 1.54) is 36.4 Å². The third kappa shape index (κ3) is 3.21. The summed E-state index contributed by atoms with van der Waals surface area (Å²) in [5.74, 6) is -1.55. The van der Waals surface area contributed by atoms with Gasteiger partial charge in [0.2, 0.25) is 5.91 Å². The maximum absolute atomic E-state index is 13.3. The largest absolute Gasteiger partial charge is 0.368 e. The monoisotopic (exact) mass is 354 g/mol. The van der Waals surface area contributed by atoms with Crippen LogP contribution >= 0.6 is 15.9 Å². The maximum atomic E-state index is 13.3. The first-order chi connectivity index (χ1) is 9.83. The molecule has 0 aliphatic rings. The Morgan fingerprint density at radius 3 is 2.52 bits per heavy atom. The fourth-order valence-electron chi connectivity index (χ4n) is 1.94. The summed E-state index contributed by atoms with van der Waals surface area (Å²) in [5.41, 5.74) is 5.04. The molecule has 0 fully saturated rings. The van der Waals surface area contributed by atoms with Gasteiger partial charge in [-0.1, -0.05) is 12.1 Å². The molecule has 21 heavy (non-hydrogen) atoms. The minimum atomic E-state index is -1.30. The SMILES string of the molecule is CC(Nc1cccc(F)c1)(C(N)=O)c1ccc(F)c(Br)c1. The number of anilines is 1. The Labute approximate surface area is 129 Å². The van der Waals surface area contributed by atoms with Crippen molar-refractivity contribution >= 4 is 27.5 Å². The van der Waals surface area contributed by atoms with Crippen LogP contribution in [-0.4, -0.2) is 5.91 Å². The third-order valence-electron chi connectivity index (χ3n) is 3.21. The molecular formula is C15H13BrF2N2O. The number of halogens is 3. The number of nitrogens with one attached hydrogen (secondary N) is 1. The fourth-order valence-corrected chi connectivity index (χ4v) is 2.32. The van der Waals surface area contributed by atoms with E-state index in [1.54, 1.807) is 13.0 Å². The molecule has 110 valence electrons. The van der Waals surface area contributed by atoms with Gasteiger partial charge in [0, 0.05) is 5.69 Å². The van der Waals surface area contributed by atoms with E-state index in [9.17, 15) is 13.6 Å². The highest BCUT2D eigenvalue weighted by Crippen LogP contribution is 2.29. The van der Waals surface area contributed by atoms with Gasteiger partial charge in [0.1, 0.15) is 17.2 Å². The lowest BCUT2D eigenvalue weighted by molar-refractivity contribution is -0.122. The van der Waals surface area contributed by atoms with Crippen molar-refractivity contribution in [3.05, 3.63) is 64.1 Å². The van der Waals surface area contributed by atoms with Gasteiger partial charge in [-0.25, -0.2) is 8.78 Å². The van der Waals surface area contributed by atoms with Crippen LogP contribution in [0.15, 0.2) is 46.9 Å². The van der Waals surface area contributed by atoms with Gasteiger partial charge < -0.3 is 11.1 Å². The smallest absolute Gasteiger partial charge is 0.247 e. The molecule has 1 atom stereocenters. The molecule has 2 aromatic rings. The summed E-state index contributed by atoms with van der Waals surface area (Å²) in [4.78, 5) is 11.9. The van der Waals surface area contributed by atoms with Gasteiger partial charge in [-0.05, 0) is 58.7 Å². The number of carbonyl (C=O) groups is 1. The van der Waals surface area contributed by atoms with E-state index < -0.39 is 23.1 Å². The van der Waals surface area contributed by atoms with E-state index in [2.05, 4.69) is 21.2 Å². The summed E-state index contributed by atoms with van der Waals surface area (Å²) in [5, 5.41) is 2.90. The Morgan fingerprint density at radius 2 is 1.95 bits per heavy atom. The van der Waals surface area contributed by atoms with Gasteiger partial charge in [-0.3, -0.25) is 4.79 Å². The molecule has 3 nitrogen and oxygen atoms in total. The minimum absolute atomic E-state index is 0.216. The lowest BCUT2D eigenvalue weighted by Gasteiger charge is -2.29. The summed E-state index contributed by atoms with van der Waals surface area (Å²) in [6.45, 7) is 1.56. The van der Waals surface area contributed by atoms with Crippen molar-refractivity contribution in [2.75, 3.05) is 5.32 Å². The zero-order valence-electron chi connectivity index (χ0n) is 11.2. The molecule has 0 saturated carbocycles. The summed E-state index contributed by atoms with van der Waals surface area (Å²) in [7, 11) is 0. The Morgan fingerprint density at radius 1 is 1.24 bits per heavy atom. The van der Waals surface area contributed by atoms with Gasteiger partial charge in [0.15, 0.2) is 0 Å². The zero-order chi connectivity index (χ0) is 15.6. The van der Waals surface area contributed by atoms with Gasteiger partial charge >= 0.3 is 0 Å². The van der Waals surface area contributed by atoms with Gasteiger partial charge in [0.25, 0.3) is 0 Å². The van der Waals surface area contributed by atoms with Gasteiger partial charge in [-0.15, -0.1) is 0 Å². The predicted octanol–water partition coefficient (Wildman–Crippen LogP) is 3.54. The lowest BCUT2D eigenvalue weighted by atomic mass is 9.90. The molecule has 2 aromatic carbocycles. The first-order valence-electron chi connectivity index (χ1n) is 6.12. The molecule has 1 unspecified atom stereocenters. The number of primary amides is 1. The number of benzene rings is 2. The summed E-state index contributed by atoms with van der Waals surface area (Å²) in [6.07, 6.45) is 0. The quantitative estimate of drug-likeness (QED) is 0.882. The number of nitrogens with two attached hydrogens (primary N) is 1. The van der Waals surface area contributed by atoms with E-state index in [4.69, 9.17) is 5.73 Å². The highest BCUT2D eigenvalue weighted by atomic mass is 79.9. The lowest BCUT2D eigenvalue weighted by Crippen LogP contribution is -2.45. The predicted molar refractivity (Wildman–Crippen MR) is 80.7 cm³/mol. The summed E-state index contributed by atoms with van der Waals surface area (Å²) >= 11 is 3.07. The topological polar surface area (TPSA) is 55.1 Å². The molecule has 0 radical (unpaired) electrons. The molecule has 0 spiro atoms. The summed E-state index contributed by atoms with van der Waals surface area (Å²) in [6, 6.07) is 9.82. The number of rotatable bonds is 4. The van der Waals surface area contributed by atoms with E-state index in [1.807, 2.05) is 0 Å². The van der Waals surface area contributed by atoms with Crippen molar-refractivity contribution < 1.29 is 13.6 Å². The minimum Gasteiger partial charge on any atom is -0.368 e. The van der Waals surface area contributed by atoms with Crippen molar-refractivity contribution in [3.63, 3.8) is 0 Å². The molecule has 3 N–H and O–H groups in total. The standard InChI is InChI=1S/C15H13BrF2N2O/c1-15(14(19)21,9-5-6-13(18)12(16)7-9)20-11-4-2-3-10(17)8-11/h2-8,20H,1H3,(H2,19,21). The first-order valence-corrected chi connectivity index (χ1v) is 6.91. The van der Waals surface area contributed by atoms with Crippen LogP contribution in [0.25, 0.3) is 0 Å². The molecule has 2 rings (SSSR count). The maximum Gasteiger partial charge on any atom is 0.247 e. The van der Waals surface area contributed by atoms with Crippen LogP contribution in [0.4, 0.5) is 14.5 Å². The molecule has 0 heterocycles. The second kappa shape index (κ2) is 5.81. The van der Waals surface area contributed by atoms with Crippen LogP contribution in [0.5, 0.6) is 0 Å². The highest BCUT2D eigenvalue weighted by Gasteiger charge is 2.33. The van der Waals surface area contributed by atoms with Crippen molar-refractivity contribution in [1.29, 1.82) is 0 Å². The Hall–Kier alpha value is -1.95. The molecule has 0 aliphatic heterocycles. The van der Waals surface area contributed by atoms with Gasteiger partial charge in [-0.2, -0.15) is 0 Å². The average molecular weight is 355 g/mol. The number of hydrogen-bond donors (Lipinski definition) is 2. The van der Waals surface area contributed by atoms with Crippen molar-refractivity contribution in [2.24, 2.45) is 5.73 Å². The molecular weight excluding hydrogens is 342 g/mol. The van der Waals surface area contributed by atoms with Gasteiger partial charge in [0.05, 0.1) is 4.47 Å². The number of amides is 1. The molecule has 6 heteroatoms. The van der Waals surface area contributed by atoms with E-state index >= 15 is 0 Å². The Bertz CT molecular complexity index is 693. The van der Waals surface area contributed by atoms with Crippen molar-refractivity contribution in [2.45, 2.75) is 12.5 Å². The van der Waals surface area contributed by atoms with Crippen molar-refractivity contribution in [1.82, 2.24) is 0 Å². The molecule has 0 saturated heterocycles. The van der Waals surface area contributed by atoms with Crippen LogP contribution in [0, 0.1) is 11.6 Å². The van der Waals surface area contributed by atoms with E-state index in [0.717, 1.165) is 0 Å². The number of carbonyl (C=O) groups excluding carboxylic acids is 1. The molecule has 0 aromatic heterocycles. The van der Waals surface area contributed by atoms with Crippen LogP contribution in [0.3, 0.4) is 0 Å². The normalized spacial score (nSPS) is 13.5. The van der Waals surface area contributed by atoms with Crippen LogP contribution < -0.4 is 11.1 Å². The van der Waals surface area contributed by atoms with Crippen LogP contribution in [0.1, 0.15) is 12.5 Å². The fraction of sp³-hybridized carbons (Fsp3) is 0.133. The Kier molecular flexibility index (Phi) is 4.27. The summed E-state index contributed by atoms with van der Waals surface area (Å²) < 4.78 is 26.8. The Balaban J connectivity index is 2.45. The average Bonchev–Trinajstić information content (AvgIpc) is 2.41. The second-order valence-corrected chi connectivity index (χ2v) is 5.61. The molecule has 1 amide bonds. The first kappa shape index (κ1) is 15.4. The molecule has 0 aliphatic carbocycles. The second-order valence-electron chi connectivity index (χ2n) is 4.75. The molecule has 0 bridgehead atoms. The van der Waals surface area contributed by atoms with E-state index in [-0.39, 0.29) is 4.47 Å². The highest BCUT2D eigenvalue weighted by molar-refractivity contribution is 9.10. The third-order valence-corrected chi connectivity index (χ3v) is 3.82. The number of hydrogen-bond acceptors (Lipinski definition) is 2.